The summed E-state index contributed by atoms with van der Waals surface area (Å²) in [7, 11) is 1.71. The van der Waals surface area contributed by atoms with Gasteiger partial charge in [-0.3, -0.25) is 0 Å². The summed E-state index contributed by atoms with van der Waals surface area (Å²) in [5, 5.41) is 2.12. The number of nitrogens with one attached hydrogen (secondary N) is 1. The van der Waals surface area contributed by atoms with Crippen LogP contribution >= 0.6 is 10.2 Å². The lowest BCUT2D eigenvalue weighted by molar-refractivity contribution is 0.317. The molecule has 1 aliphatic heterocycles. The van der Waals surface area contributed by atoms with Crippen LogP contribution in [-0.2, 0) is 0 Å². The Kier molecular flexibility index (Phi) is 1.06. The van der Waals surface area contributed by atoms with Gasteiger partial charge in [0.2, 0.25) is 0 Å². The Morgan fingerprint density at radius 3 is 2.00 bits per heavy atom. The quantitative estimate of drug-likeness (QED) is 0.497. The van der Waals surface area contributed by atoms with Crippen molar-refractivity contribution in [3.63, 3.8) is 0 Å². The topological polar surface area (TPSA) is 15.3 Å². The molecule has 0 aromatic rings. The Morgan fingerprint density at radius 2 is 2.00 bits per heavy atom. The standard InChI is InChI=1S/C4H12N2S/c1-6-4-7(2,3)5-6/h5H,4H2,1-3H3. The van der Waals surface area contributed by atoms with Crippen LogP contribution in [0.5, 0.6) is 0 Å². The molecule has 1 heterocycles. The lowest BCUT2D eigenvalue weighted by Gasteiger charge is -2.49. The number of hydrogen-bond acceptors (Lipinski definition) is 2. The summed E-state index contributed by atoms with van der Waals surface area (Å²) in [6, 6.07) is 0. The molecule has 3 heteroatoms. The van der Waals surface area contributed by atoms with Crippen molar-refractivity contribution in [1.29, 1.82) is 0 Å². The van der Waals surface area contributed by atoms with Crippen molar-refractivity contribution in [3.05, 3.63) is 0 Å². The van der Waals surface area contributed by atoms with Crippen molar-refractivity contribution in [2.75, 3.05) is 25.4 Å². The molecule has 0 radical (unpaired) electrons. The molecule has 1 N–H and O–H groups in total. The number of rotatable bonds is 0. The minimum Gasteiger partial charge on any atom is -0.229 e. The van der Waals surface area contributed by atoms with E-state index in [1.807, 2.05) is 0 Å². The van der Waals surface area contributed by atoms with Crippen molar-refractivity contribution in [1.82, 2.24) is 9.84 Å². The van der Waals surface area contributed by atoms with E-state index in [0.29, 0.717) is 0 Å². The summed E-state index contributed by atoms with van der Waals surface area (Å²) >= 11 is 0. The first-order valence-corrected chi connectivity index (χ1v) is 4.91. The average Bonchev–Trinajstić information content (AvgIpc) is 1.27. The van der Waals surface area contributed by atoms with Gasteiger partial charge in [0.15, 0.2) is 0 Å². The summed E-state index contributed by atoms with van der Waals surface area (Å²) < 4.78 is 0. The zero-order chi connectivity index (χ0) is 5.49. The van der Waals surface area contributed by atoms with Gasteiger partial charge in [0.25, 0.3) is 0 Å². The fourth-order valence-corrected chi connectivity index (χ4v) is 2.68. The van der Waals surface area contributed by atoms with Gasteiger partial charge >= 0.3 is 0 Å². The molecule has 2 nitrogen and oxygen atoms in total. The number of hydrogen-bond donors (Lipinski definition) is 1. The molecule has 0 amide bonds. The van der Waals surface area contributed by atoms with Crippen LogP contribution in [0.15, 0.2) is 0 Å². The molecule has 0 aromatic heterocycles. The van der Waals surface area contributed by atoms with Crippen molar-refractivity contribution in [3.8, 4) is 0 Å². The summed E-state index contributed by atoms with van der Waals surface area (Å²) in [6.07, 6.45) is 4.54. The highest BCUT2D eigenvalue weighted by Crippen LogP contribution is 2.42. The first-order valence-electron chi connectivity index (χ1n) is 2.30. The molecule has 1 aliphatic rings. The van der Waals surface area contributed by atoms with Crippen LogP contribution in [0.2, 0.25) is 0 Å². The second-order valence-corrected chi connectivity index (χ2v) is 5.97. The third kappa shape index (κ3) is 1.08. The summed E-state index contributed by atoms with van der Waals surface area (Å²) in [5.41, 5.74) is 0. The van der Waals surface area contributed by atoms with E-state index in [9.17, 15) is 0 Å². The largest absolute Gasteiger partial charge is 0.229 e. The molecule has 0 atom stereocenters. The van der Waals surface area contributed by atoms with Gasteiger partial charge in [-0.2, -0.15) is 10.2 Å². The van der Waals surface area contributed by atoms with Crippen LogP contribution in [0.3, 0.4) is 0 Å². The maximum absolute atomic E-state index is 3.30. The van der Waals surface area contributed by atoms with Gasteiger partial charge in [-0.25, -0.2) is 9.84 Å². The van der Waals surface area contributed by atoms with Crippen molar-refractivity contribution in [2.45, 2.75) is 0 Å². The molecule has 0 aromatic carbocycles. The van der Waals surface area contributed by atoms with E-state index in [1.54, 1.807) is 0 Å². The zero-order valence-electron chi connectivity index (χ0n) is 5.06. The molecular weight excluding hydrogens is 108 g/mol. The van der Waals surface area contributed by atoms with Crippen LogP contribution < -0.4 is 4.83 Å². The summed E-state index contributed by atoms with van der Waals surface area (Å²) in [6.45, 7) is 0. The Labute approximate surface area is 46.3 Å². The van der Waals surface area contributed by atoms with E-state index < -0.39 is 0 Å². The minimum absolute atomic E-state index is 0.355. The molecule has 0 aliphatic carbocycles. The second kappa shape index (κ2) is 1.37. The normalized spacial score (nSPS) is 34.1. The molecule has 1 saturated heterocycles. The van der Waals surface area contributed by atoms with E-state index in [4.69, 9.17) is 0 Å². The van der Waals surface area contributed by atoms with Crippen LogP contribution in [0.25, 0.3) is 0 Å². The predicted octanol–water partition coefficient (Wildman–Crippen LogP) is 0.373. The second-order valence-electron chi connectivity index (χ2n) is 2.46. The first-order chi connectivity index (χ1) is 3.10. The highest BCUT2D eigenvalue weighted by molar-refractivity contribution is 8.31. The van der Waals surface area contributed by atoms with Crippen LogP contribution in [0, 0.1) is 0 Å². The fraction of sp³-hybridized carbons (Fsp3) is 1.00. The molecule has 7 heavy (non-hydrogen) atoms. The van der Waals surface area contributed by atoms with Crippen molar-refractivity contribution >= 4 is 10.2 Å². The molecular formula is C4H12N2S. The molecule has 1 rings (SSSR count). The summed E-state index contributed by atoms with van der Waals surface area (Å²) in [5.74, 6) is 1.24. The molecule has 0 bridgehead atoms. The van der Waals surface area contributed by atoms with E-state index in [-0.39, 0.29) is 10.2 Å². The Balaban J connectivity index is 2.29. The first kappa shape index (κ1) is 5.41. The maximum Gasteiger partial charge on any atom is 0.0557 e. The fourth-order valence-electron chi connectivity index (χ4n) is 0.893. The van der Waals surface area contributed by atoms with Crippen LogP contribution in [0.4, 0.5) is 0 Å². The lowest BCUT2D eigenvalue weighted by atomic mass is 11.2. The SMILES string of the molecule is CN1CS(C)(C)N1. The molecule has 0 spiro atoms. The van der Waals surface area contributed by atoms with Crippen LogP contribution in [0.1, 0.15) is 0 Å². The maximum atomic E-state index is 3.30. The highest BCUT2D eigenvalue weighted by atomic mass is 32.3. The third-order valence-corrected chi connectivity index (χ3v) is 2.76. The third-order valence-electron chi connectivity index (χ3n) is 0.919. The van der Waals surface area contributed by atoms with Gasteiger partial charge in [-0.15, -0.1) is 0 Å². The monoisotopic (exact) mass is 120 g/mol. The van der Waals surface area contributed by atoms with Gasteiger partial charge in [0, 0.05) is 7.05 Å². The summed E-state index contributed by atoms with van der Waals surface area (Å²) in [4.78, 5) is 3.30. The molecule has 0 unspecified atom stereocenters. The Bertz CT molecular complexity index is 73.8. The predicted molar refractivity (Wildman–Crippen MR) is 35.2 cm³/mol. The van der Waals surface area contributed by atoms with Crippen molar-refractivity contribution < 1.29 is 0 Å². The smallest absolute Gasteiger partial charge is 0.0557 e. The van der Waals surface area contributed by atoms with E-state index in [2.05, 4.69) is 29.4 Å². The zero-order valence-corrected chi connectivity index (χ0v) is 5.88. The Morgan fingerprint density at radius 1 is 1.57 bits per heavy atom. The highest BCUT2D eigenvalue weighted by Gasteiger charge is 2.24. The molecule has 44 valence electrons. The molecule has 1 fully saturated rings. The average molecular weight is 120 g/mol. The van der Waals surface area contributed by atoms with Gasteiger partial charge in [-0.1, -0.05) is 0 Å². The minimum atomic E-state index is -0.355. The Hall–Kier alpha value is 0.270. The van der Waals surface area contributed by atoms with Gasteiger partial charge in [-0.05, 0) is 12.5 Å². The lowest BCUT2D eigenvalue weighted by Crippen LogP contribution is -2.50. The van der Waals surface area contributed by atoms with Gasteiger partial charge in [0.1, 0.15) is 0 Å². The molecule has 0 saturated carbocycles. The number of nitrogens with zero attached hydrogens (tertiary/aromatic N) is 1. The van der Waals surface area contributed by atoms with Crippen LogP contribution in [-0.4, -0.2) is 30.4 Å². The van der Waals surface area contributed by atoms with Gasteiger partial charge in [0.05, 0.1) is 5.88 Å². The van der Waals surface area contributed by atoms with Crippen molar-refractivity contribution in [2.24, 2.45) is 0 Å². The van der Waals surface area contributed by atoms with E-state index >= 15 is 0 Å². The van der Waals surface area contributed by atoms with E-state index in [1.165, 1.54) is 5.88 Å². The van der Waals surface area contributed by atoms with E-state index in [0.717, 1.165) is 0 Å². The van der Waals surface area contributed by atoms with Gasteiger partial charge < -0.3 is 0 Å². The number of hydrazine groups is 1.